The van der Waals surface area contributed by atoms with Crippen LogP contribution >= 0.6 is 0 Å². The standard InChI is InChI=1S/C46H46N2O16/c1-57-37-21-29(23-39-35(37)25-41(63-39)31-5-3-27(43(49)50)19-33(31)45(53)54)47-7-11-59-15-17-61-13-9-48(10-14-62-18-16-60-12-8-47)30-22-38(58-2)36-26-42(64-40(36)24-30)32-6-4-28(44(51)52)20-34(32)46(55)56/h3-6,19-26H,7-18H2,1-2H3,(H,49,50)(H,51,52)(H,53,54)(H,55,56). The Kier molecular flexibility index (Phi) is 14.3. The topological polar surface area (TPSA) is 237 Å². The van der Waals surface area contributed by atoms with Crippen LogP contribution in [0, 0.1) is 0 Å². The molecule has 6 aromatic rings. The number of benzene rings is 4. The van der Waals surface area contributed by atoms with E-state index >= 15 is 0 Å². The van der Waals surface area contributed by atoms with Gasteiger partial charge in [-0.1, -0.05) is 0 Å². The van der Waals surface area contributed by atoms with Gasteiger partial charge >= 0.3 is 23.9 Å². The molecule has 336 valence electrons. The molecule has 18 heteroatoms. The molecule has 4 aromatic carbocycles. The lowest BCUT2D eigenvalue weighted by Gasteiger charge is -2.26. The SMILES string of the molecule is COc1cc(N2CCOCCOCCN(c3cc(OC)c4cc(-c5ccc(C(=O)O)cc5C(=O)O)oc4c3)CCOCCOCC2)cc2oc(-c3ccc(C(=O)O)cc3C(=O)O)cc12. The normalized spacial score (nSPS) is 15.1. The molecular weight excluding hydrogens is 837 g/mol. The van der Waals surface area contributed by atoms with E-state index < -0.39 is 23.9 Å². The van der Waals surface area contributed by atoms with Gasteiger partial charge in [0.15, 0.2) is 0 Å². The van der Waals surface area contributed by atoms with E-state index in [0.717, 1.165) is 23.5 Å². The number of rotatable bonds is 10. The third kappa shape index (κ3) is 10.2. The number of carboxylic acid groups (broad SMARTS) is 4. The van der Waals surface area contributed by atoms with E-state index in [1.807, 2.05) is 24.3 Å². The minimum atomic E-state index is -1.29. The second kappa shape index (κ2) is 20.4. The van der Waals surface area contributed by atoms with Crippen LogP contribution in [0.3, 0.4) is 0 Å². The van der Waals surface area contributed by atoms with Crippen molar-refractivity contribution in [3.63, 3.8) is 0 Å². The average molecular weight is 883 g/mol. The molecular formula is C46H46N2O16. The predicted octanol–water partition coefficient (Wildman–Crippen LogP) is 6.72. The summed E-state index contributed by atoms with van der Waals surface area (Å²) in [5, 5.41) is 39.8. The zero-order valence-electron chi connectivity index (χ0n) is 35.0. The zero-order valence-corrected chi connectivity index (χ0v) is 35.0. The number of methoxy groups -OCH3 is 2. The van der Waals surface area contributed by atoms with Gasteiger partial charge in [0.2, 0.25) is 0 Å². The van der Waals surface area contributed by atoms with Gasteiger partial charge in [-0.05, 0) is 48.5 Å². The third-order valence-corrected chi connectivity index (χ3v) is 10.6. The molecule has 0 saturated carbocycles. The van der Waals surface area contributed by atoms with Crippen LogP contribution in [0.4, 0.5) is 11.4 Å². The number of hydrogen-bond donors (Lipinski definition) is 4. The van der Waals surface area contributed by atoms with Gasteiger partial charge in [0.25, 0.3) is 0 Å². The van der Waals surface area contributed by atoms with E-state index in [1.165, 1.54) is 38.5 Å². The smallest absolute Gasteiger partial charge is 0.336 e. The molecule has 0 radical (unpaired) electrons. The second-order valence-corrected chi connectivity index (χ2v) is 14.5. The van der Waals surface area contributed by atoms with Gasteiger partial charge in [-0.3, -0.25) is 0 Å². The molecule has 7 rings (SSSR count). The van der Waals surface area contributed by atoms with Crippen molar-refractivity contribution in [2.24, 2.45) is 0 Å². The van der Waals surface area contributed by atoms with Gasteiger partial charge in [-0.15, -0.1) is 0 Å². The van der Waals surface area contributed by atoms with Crippen molar-refractivity contribution < 1.29 is 76.9 Å². The molecule has 64 heavy (non-hydrogen) atoms. The first-order chi connectivity index (χ1) is 30.9. The maximum Gasteiger partial charge on any atom is 0.336 e. The largest absolute Gasteiger partial charge is 0.496 e. The van der Waals surface area contributed by atoms with Crippen LogP contribution in [-0.4, -0.2) is 138 Å². The fourth-order valence-electron chi connectivity index (χ4n) is 7.38. The Labute approximate surface area is 365 Å². The Hall–Kier alpha value is -7.12. The Balaban J connectivity index is 1.03. The minimum Gasteiger partial charge on any atom is -0.496 e. The summed E-state index contributed by atoms with van der Waals surface area (Å²) in [6.07, 6.45) is 0. The molecule has 0 atom stereocenters. The molecule has 1 aliphatic heterocycles. The summed E-state index contributed by atoms with van der Waals surface area (Å²) in [4.78, 5) is 51.4. The number of fused-ring (bicyclic) bond motifs is 2. The van der Waals surface area contributed by atoms with Crippen molar-refractivity contribution in [2.75, 3.05) is 103 Å². The highest BCUT2D eigenvalue weighted by atomic mass is 16.5. The molecule has 0 aliphatic carbocycles. The van der Waals surface area contributed by atoms with Crippen molar-refractivity contribution in [2.45, 2.75) is 0 Å². The lowest BCUT2D eigenvalue weighted by molar-refractivity contribution is 0.0436. The number of hydrogen-bond acceptors (Lipinski definition) is 14. The minimum absolute atomic E-state index is 0.157. The molecule has 0 amide bonds. The Morgan fingerprint density at radius 1 is 0.469 bits per heavy atom. The van der Waals surface area contributed by atoms with Gasteiger partial charge in [-0.2, -0.15) is 0 Å². The highest BCUT2D eigenvalue weighted by molar-refractivity contribution is 6.02. The van der Waals surface area contributed by atoms with Gasteiger partial charge in [0.1, 0.15) is 34.2 Å². The maximum atomic E-state index is 12.1. The summed E-state index contributed by atoms with van der Waals surface area (Å²) in [5.74, 6) is -3.61. The van der Waals surface area contributed by atoms with Crippen LogP contribution in [-0.2, 0) is 18.9 Å². The van der Waals surface area contributed by atoms with E-state index in [2.05, 4.69) is 9.80 Å². The Morgan fingerprint density at radius 3 is 1.14 bits per heavy atom. The maximum absolute atomic E-state index is 12.1. The quantitative estimate of drug-likeness (QED) is 0.112. The second-order valence-electron chi connectivity index (χ2n) is 14.5. The first kappa shape index (κ1) is 44.9. The molecule has 3 heterocycles. The van der Waals surface area contributed by atoms with Crippen molar-refractivity contribution >= 4 is 57.2 Å². The number of nitrogens with zero attached hydrogens (tertiary/aromatic N) is 2. The lowest BCUT2D eigenvalue weighted by Crippen LogP contribution is -2.33. The van der Waals surface area contributed by atoms with Gasteiger partial charge < -0.3 is 67.5 Å². The summed E-state index contributed by atoms with van der Waals surface area (Å²) < 4.78 is 47.7. The molecule has 2 aromatic heterocycles. The van der Waals surface area contributed by atoms with Crippen LogP contribution in [0.1, 0.15) is 41.4 Å². The highest BCUT2D eigenvalue weighted by Gasteiger charge is 2.23. The number of anilines is 2. The summed E-state index contributed by atoms with van der Waals surface area (Å²) in [6, 6.07) is 18.4. The Morgan fingerprint density at radius 2 is 0.828 bits per heavy atom. The predicted molar refractivity (Wildman–Crippen MR) is 232 cm³/mol. The number of furan rings is 2. The molecule has 1 aliphatic rings. The Bertz CT molecular complexity index is 2470. The first-order valence-electron chi connectivity index (χ1n) is 20.2. The van der Waals surface area contributed by atoms with Crippen LogP contribution in [0.25, 0.3) is 44.6 Å². The average Bonchev–Trinajstić information content (AvgIpc) is 3.93. The van der Waals surface area contributed by atoms with E-state index in [0.29, 0.717) is 112 Å². The van der Waals surface area contributed by atoms with Crippen molar-refractivity contribution in [1.29, 1.82) is 0 Å². The van der Waals surface area contributed by atoms with E-state index in [1.54, 1.807) is 12.1 Å². The highest BCUT2D eigenvalue weighted by Crippen LogP contribution is 2.40. The van der Waals surface area contributed by atoms with Crippen molar-refractivity contribution in [3.05, 3.63) is 95.1 Å². The third-order valence-electron chi connectivity index (χ3n) is 10.6. The number of ether oxygens (including phenoxy) is 6. The summed E-state index contributed by atoms with van der Waals surface area (Å²) >= 11 is 0. The fourth-order valence-corrected chi connectivity index (χ4v) is 7.38. The van der Waals surface area contributed by atoms with Crippen LogP contribution < -0.4 is 19.3 Å². The van der Waals surface area contributed by atoms with Crippen LogP contribution in [0.5, 0.6) is 11.5 Å². The van der Waals surface area contributed by atoms with Gasteiger partial charge in [-0.25, -0.2) is 19.2 Å². The van der Waals surface area contributed by atoms with Crippen LogP contribution in [0.15, 0.2) is 81.6 Å². The lowest BCUT2D eigenvalue weighted by atomic mass is 10.0. The van der Waals surface area contributed by atoms with Crippen molar-refractivity contribution in [1.82, 2.24) is 0 Å². The number of carboxylic acids is 4. The molecule has 1 fully saturated rings. The van der Waals surface area contributed by atoms with Gasteiger partial charge in [0.05, 0.1) is 100 Å². The first-order valence-corrected chi connectivity index (χ1v) is 20.2. The number of aromatic carboxylic acids is 4. The molecule has 1 saturated heterocycles. The molecule has 0 unspecified atom stereocenters. The fraction of sp³-hybridized carbons (Fsp3) is 0.304. The molecule has 18 nitrogen and oxygen atoms in total. The number of carbonyl (C=O) groups is 4. The van der Waals surface area contributed by atoms with E-state index in [9.17, 15) is 39.6 Å². The molecule has 0 spiro atoms. The summed E-state index contributed by atoms with van der Waals surface area (Å²) in [7, 11) is 3.05. The van der Waals surface area contributed by atoms with Crippen LogP contribution in [0.2, 0.25) is 0 Å². The molecule has 0 bridgehead atoms. The molecule has 4 N–H and O–H groups in total. The van der Waals surface area contributed by atoms with Crippen molar-refractivity contribution in [3.8, 4) is 34.1 Å². The summed E-state index contributed by atoms with van der Waals surface area (Å²) in [5.41, 5.74) is 2.08. The van der Waals surface area contributed by atoms with Gasteiger partial charge in [0, 0.05) is 72.9 Å². The van der Waals surface area contributed by atoms with E-state index in [4.69, 9.17) is 37.3 Å². The van der Waals surface area contributed by atoms with E-state index in [-0.39, 0.29) is 44.9 Å². The summed E-state index contributed by atoms with van der Waals surface area (Å²) in [6.45, 7) is 4.58. The monoisotopic (exact) mass is 882 g/mol. The zero-order chi connectivity index (χ0) is 45.3.